The number of ether oxygens (including phenoxy) is 1. The lowest BCUT2D eigenvalue weighted by atomic mass is 10.1. The van der Waals surface area contributed by atoms with Crippen molar-refractivity contribution in [2.24, 2.45) is 0 Å². The summed E-state index contributed by atoms with van der Waals surface area (Å²) in [6.07, 6.45) is 3.07. The first-order chi connectivity index (χ1) is 9.58. The molecule has 0 aliphatic carbocycles. The van der Waals surface area contributed by atoms with Crippen molar-refractivity contribution < 1.29 is 18.7 Å². The van der Waals surface area contributed by atoms with E-state index in [-0.39, 0.29) is 23.8 Å². The molecule has 1 aliphatic heterocycles. The first kappa shape index (κ1) is 14.3. The summed E-state index contributed by atoms with van der Waals surface area (Å²) in [5.41, 5.74) is 5.60. The number of rotatable bonds is 3. The van der Waals surface area contributed by atoms with Crippen molar-refractivity contribution in [2.75, 3.05) is 25.4 Å². The molecule has 1 aromatic rings. The molecule has 20 heavy (non-hydrogen) atoms. The predicted octanol–water partition coefficient (Wildman–Crippen LogP) is 1.58. The van der Waals surface area contributed by atoms with Gasteiger partial charge < -0.3 is 15.4 Å². The average Bonchev–Trinajstić information content (AvgIpc) is 2.45. The summed E-state index contributed by atoms with van der Waals surface area (Å²) in [6.45, 7) is 1.10. The fourth-order valence-electron chi connectivity index (χ4n) is 2.16. The standard InChI is InChI=1S/C14H17FN2O3/c15-10-4-5-11(12(16)8-10)14(19)20-9-13(18)17-6-2-1-3-7-17/h4-5,8H,1-3,6-7,9,16H2. The Balaban J connectivity index is 1.89. The van der Waals surface area contributed by atoms with E-state index >= 15 is 0 Å². The van der Waals surface area contributed by atoms with Gasteiger partial charge in [0.1, 0.15) is 5.82 Å². The van der Waals surface area contributed by atoms with Gasteiger partial charge in [-0.15, -0.1) is 0 Å². The van der Waals surface area contributed by atoms with E-state index in [0.29, 0.717) is 13.1 Å². The van der Waals surface area contributed by atoms with E-state index in [9.17, 15) is 14.0 Å². The number of halogens is 1. The van der Waals surface area contributed by atoms with E-state index in [1.807, 2.05) is 0 Å². The molecule has 1 saturated heterocycles. The summed E-state index contributed by atoms with van der Waals surface area (Å²) >= 11 is 0. The Hall–Kier alpha value is -2.11. The Kier molecular flexibility index (Phi) is 4.55. The monoisotopic (exact) mass is 280 g/mol. The van der Waals surface area contributed by atoms with Crippen LogP contribution in [0.15, 0.2) is 18.2 Å². The van der Waals surface area contributed by atoms with Crippen molar-refractivity contribution in [3.05, 3.63) is 29.6 Å². The molecule has 0 spiro atoms. The Labute approximate surface area is 116 Å². The molecule has 0 aromatic heterocycles. The summed E-state index contributed by atoms with van der Waals surface area (Å²) in [4.78, 5) is 25.3. The maximum Gasteiger partial charge on any atom is 0.340 e. The molecule has 2 rings (SSSR count). The van der Waals surface area contributed by atoms with Gasteiger partial charge in [0.25, 0.3) is 5.91 Å². The number of hydrogen-bond acceptors (Lipinski definition) is 4. The molecule has 0 bridgehead atoms. The second-order valence-corrected chi connectivity index (χ2v) is 4.75. The van der Waals surface area contributed by atoms with E-state index < -0.39 is 11.8 Å². The molecule has 1 amide bonds. The van der Waals surface area contributed by atoms with E-state index in [2.05, 4.69) is 0 Å². The Morgan fingerprint density at radius 2 is 1.95 bits per heavy atom. The van der Waals surface area contributed by atoms with Gasteiger partial charge in [-0.25, -0.2) is 9.18 Å². The second kappa shape index (κ2) is 6.36. The van der Waals surface area contributed by atoms with Crippen LogP contribution < -0.4 is 5.73 Å². The van der Waals surface area contributed by atoms with Crippen LogP contribution in [0.2, 0.25) is 0 Å². The summed E-state index contributed by atoms with van der Waals surface area (Å²) in [5.74, 6) is -1.45. The molecule has 108 valence electrons. The third-order valence-corrected chi connectivity index (χ3v) is 3.27. The lowest BCUT2D eigenvalue weighted by Crippen LogP contribution is -2.38. The van der Waals surface area contributed by atoms with E-state index in [1.54, 1.807) is 4.90 Å². The molecule has 5 nitrogen and oxygen atoms in total. The Morgan fingerprint density at radius 1 is 1.25 bits per heavy atom. The average molecular weight is 280 g/mol. The molecule has 1 heterocycles. The number of piperidine rings is 1. The maximum absolute atomic E-state index is 12.9. The normalized spacial score (nSPS) is 14.9. The number of esters is 1. The Morgan fingerprint density at radius 3 is 2.60 bits per heavy atom. The third kappa shape index (κ3) is 3.46. The number of hydrogen-bond donors (Lipinski definition) is 1. The van der Waals surface area contributed by atoms with Crippen molar-refractivity contribution in [2.45, 2.75) is 19.3 Å². The lowest BCUT2D eigenvalue weighted by Gasteiger charge is -2.26. The lowest BCUT2D eigenvalue weighted by molar-refractivity contribution is -0.135. The molecule has 1 fully saturated rings. The van der Waals surface area contributed by atoms with Crippen LogP contribution in [0.3, 0.4) is 0 Å². The highest BCUT2D eigenvalue weighted by Crippen LogP contribution is 2.15. The molecular formula is C14H17FN2O3. The van der Waals surface area contributed by atoms with Crippen LogP contribution in [0.1, 0.15) is 29.6 Å². The van der Waals surface area contributed by atoms with E-state index in [1.165, 1.54) is 6.07 Å². The van der Waals surface area contributed by atoms with Crippen LogP contribution in [0.4, 0.5) is 10.1 Å². The number of likely N-dealkylation sites (tertiary alicyclic amines) is 1. The van der Waals surface area contributed by atoms with Crippen LogP contribution in [0.25, 0.3) is 0 Å². The number of nitrogens with two attached hydrogens (primary N) is 1. The fourth-order valence-corrected chi connectivity index (χ4v) is 2.16. The predicted molar refractivity (Wildman–Crippen MR) is 71.5 cm³/mol. The summed E-state index contributed by atoms with van der Waals surface area (Å²) < 4.78 is 17.8. The number of carbonyl (C=O) groups is 2. The second-order valence-electron chi connectivity index (χ2n) is 4.75. The molecular weight excluding hydrogens is 263 g/mol. The minimum Gasteiger partial charge on any atom is -0.452 e. The van der Waals surface area contributed by atoms with Crippen LogP contribution in [0.5, 0.6) is 0 Å². The molecule has 1 aromatic carbocycles. The van der Waals surface area contributed by atoms with Gasteiger partial charge in [-0.3, -0.25) is 4.79 Å². The van der Waals surface area contributed by atoms with Gasteiger partial charge in [-0.05, 0) is 37.5 Å². The summed E-state index contributed by atoms with van der Waals surface area (Å²) in [7, 11) is 0. The molecule has 0 saturated carbocycles. The first-order valence-electron chi connectivity index (χ1n) is 6.58. The molecule has 0 radical (unpaired) electrons. The molecule has 1 aliphatic rings. The minimum absolute atomic E-state index is 0.000390. The van der Waals surface area contributed by atoms with Gasteiger partial charge in [0, 0.05) is 18.8 Å². The van der Waals surface area contributed by atoms with Crippen molar-refractivity contribution >= 4 is 17.6 Å². The Bertz CT molecular complexity index is 513. The van der Waals surface area contributed by atoms with Gasteiger partial charge >= 0.3 is 5.97 Å². The molecule has 0 atom stereocenters. The zero-order valence-electron chi connectivity index (χ0n) is 11.1. The highest BCUT2D eigenvalue weighted by Gasteiger charge is 2.19. The number of anilines is 1. The maximum atomic E-state index is 12.9. The van der Waals surface area contributed by atoms with Gasteiger partial charge in [-0.1, -0.05) is 0 Å². The number of benzene rings is 1. The summed E-state index contributed by atoms with van der Waals surface area (Å²) in [6, 6.07) is 3.42. The smallest absolute Gasteiger partial charge is 0.340 e. The SMILES string of the molecule is Nc1cc(F)ccc1C(=O)OCC(=O)N1CCCCC1. The number of carbonyl (C=O) groups excluding carboxylic acids is 2. The van der Waals surface area contributed by atoms with Crippen LogP contribution in [-0.2, 0) is 9.53 Å². The highest BCUT2D eigenvalue weighted by molar-refractivity contribution is 5.96. The van der Waals surface area contributed by atoms with Gasteiger partial charge in [0.2, 0.25) is 0 Å². The molecule has 2 N–H and O–H groups in total. The summed E-state index contributed by atoms with van der Waals surface area (Å²) in [5, 5.41) is 0. The number of amides is 1. The van der Waals surface area contributed by atoms with Crippen molar-refractivity contribution in [3.63, 3.8) is 0 Å². The largest absolute Gasteiger partial charge is 0.452 e. The van der Waals surface area contributed by atoms with Gasteiger partial charge in [0.15, 0.2) is 6.61 Å². The topological polar surface area (TPSA) is 72.6 Å². The van der Waals surface area contributed by atoms with Crippen molar-refractivity contribution in [3.8, 4) is 0 Å². The molecule has 0 unspecified atom stereocenters. The van der Waals surface area contributed by atoms with Gasteiger partial charge in [-0.2, -0.15) is 0 Å². The highest BCUT2D eigenvalue weighted by atomic mass is 19.1. The fraction of sp³-hybridized carbons (Fsp3) is 0.429. The van der Waals surface area contributed by atoms with Crippen LogP contribution >= 0.6 is 0 Å². The first-order valence-corrected chi connectivity index (χ1v) is 6.58. The molecule has 6 heteroatoms. The van der Waals surface area contributed by atoms with Crippen LogP contribution in [0, 0.1) is 5.82 Å². The quantitative estimate of drug-likeness (QED) is 0.674. The number of nitrogen functional groups attached to an aromatic ring is 1. The van der Waals surface area contributed by atoms with Crippen molar-refractivity contribution in [1.29, 1.82) is 0 Å². The van der Waals surface area contributed by atoms with E-state index in [0.717, 1.165) is 31.4 Å². The van der Waals surface area contributed by atoms with E-state index in [4.69, 9.17) is 10.5 Å². The van der Waals surface area contributed by atoms with Crippen molar-refractivity contribution in [1.82, 2.24) is 4.90 Å². The van der Waals surface area contributed by atoms with Gasteiger partial charge in [0.05, 0.1) is 5.56 Å². The zero-order chi connectivity index (χ0) is 14.5. The minimum atomic E-state index is -0.715. The number of nitrogens with zero attached hydrogens (tertiary/aromatic N) is 1. The third-order valence-electron chi connectivity index (χ3n) is 3.27. The van der Waals surface area contributed by atoms with Crippen LogP contribution in [-0.4, -0.2) is 36.5 Å². The zero-order valence-corrected chi connectivity index (χ0v) is 11.1.